The summed E-state index contributed by atoms with van der Waals surface area (Å²) in [4.78, 5) is 10.5. The molecule has 0 bridgehead atoms. The van der Waals surface area contributed by atoms with Crippen LogP contribution in [0.1, 0.15) is 35.1 Å². The fourth-order valence-corrected chi connectivity index (χ4v) is 9.01. The predicted molar refractivity (Wildman–Crippen MR) is 196 cm³/mol. The highest BCUT2D eigenvalue weighted by Crippen LogP contribution is 2.61. The van der Waals surface area contributed by atoms with Crippen LogP contribution in [0.5, 0.6) is 0 Å². The Bertz CT molecular complexity index is 2730. The van der Waals surface area contributed by atoms with Crippen molar-refractivity contribution in [3.05, 3.63) is 180 Å². The molecule has 3 heterocycles. The van der Waals surface area contributed by atoms with Crippen molar-refractivity contribution in [1.29, 1.82) is 0 Å². The normalized spacial score (nSPS) is 17.3. The average Bonchev–Trinajstić information content (AvgIpc) is 3.65. The third kappa shape index (κ3) is 3.23. The maximum absolute atomic E-state index is 5.28. The molecule has 3 heteroatoms. The summed E-state index contributed by atoms with van der Waals surface area (Å²) in [5.74, 6) is 0.736. The molecule has 8 aromatic rings. The molecule has 11 rings (SSSR count). The zero-order valence-electron chi connectivity index (χ0n) is 26.2. The number of para-hydroxylation sites is 3. The fraction of sp³-hybridized carbons (Fsp3) is 0.0667. The Labute approximate surface area is 278 Å². The third-order valence-electron chi connectivity index (χ3n) is 10.9. The van der Waals surface area contributed by atoms with Crippen LogP contribution in [0.15, 0.2) is 157 Å². The van der Waals surface area contributed by atoms with E-state index in [1.165, 1.54) is 60.9 Å². The minimum atomic E-state index is -0.417. The van der Waals surface area contributed by atoms with E-state index in [1.807, 2.05) is 0 Å². The second kappa shape index (κ2) is 9.49. The monoisotopic (exact) mass is 611 g/mol. The molecule has 1 atom stereocenters. The van der Waals surface area contributed by atoms with Crippen molar-refractivity contribution in [3.8, 4) is 28.3 Å². The van der Waals surface area contributed by atoms with E-state index in [4.69, 9.17) is 9.97 Å². The van der Waals surface area contributed by atoms with E-state index < -0.39 is 5.41 Å². The Morgan fingerprint density at radius 3 is 2.29 bits per heavy atom. The number of rotatable bonds is 2. The van der Waals surface area contributed by atoms with E-state index in [9.17, 15) is 0 Å². The van der Waals surface area contributed by atoms with Crippen molar-refractivity contribution in [2.75, 3.05) is 0 Å². The minimum absolute atomic E-state index is 0.417. The summed E-state index contributed by atoms with van der Waals surface area (Å²) in [6.07, 6.45) is 6.93. The van der Waals surface area contributed by atoms with Crippen LogP contribution in [0.25, 0.3) is 66.6 Å². The zero-order chi connectivity index (χ0) is 31.4. The maximum Gasteiger partial charge on any atom is 0.160 e. The lowest BCUT2D eigenvalue weighted by Crippen LogP contribution is -2.34. The van der Waals surface area contributed by atoms with Crippen molar-refractivity contribution >= 4 is 38.3 Å². The Morgan fingerprint density at radius 1 is 0.583 bits per heavy atom. The van der Waals surface area contributed by atoms with Gasteiger partial charge >= 0.3 is 0 Å². The molecule has 0 fully saturated rings. The van der Waals surface area contributed by atoms with E-state index in [0.717, 1.165) is 46.4 Å². The molecule has 1 unspecified atom stereocenters. The summed E-state index contributed by atoms with van der Waals surface area (Å²) in [6, 6.07) is 50.7. The molecule has 0 saturated carbocycles. The second-order valence-corrected chi connectivity index (χ2v) is 13.2. The Balaban J connectivity index is 1.27. The summed E-state index contributed by atoms with van der Waals surface area (Å²) >= 11 is 0. The highest BCUT2D eigenvalue weighted by molar-refractivity contribution is 6.13. The quantitative estimate of drug-likeness (QED) is 0.195. The average molecular weight is 612 g/mol. The number of allylic oxidation sites excluding steroid dienone is 4. The summed E-state index contributed by atoms with van der Waals surface area (Å²) in [6.45, 7) is 0. The number of hydrogen-bond donors (Lipinski definition) is 0. The molecule has 48 heavy (non-hydrogen) atoms. The summed E-state index contributed by atoms with van der Waals surface area (Å²) in [7, 11) is 0. The number of fused-ring (bicyclic) bond motifs is 12. The van der Waals surface area contributed by atoms with Gasteiger partial charge in [-0.3, -0.25) is 0 Å². The van der Waals surface area contributed by atoms with Crippen molar-refractivity contribution in [2.45, 2.75) is 18.3 Å². The van der Waals surface area contributed by atoms with Crippen LogP contribution in [0.3, 0.4) is 0 Å². The van der Waals surface area contributed by atoms with Gasteiger partial charge in [0, 0.05) is 27.3 Å². The number of hydrogen-bond acceptors (Lipinski definition) is 2. The highest BCUT2D eigenvalue weighted by Gasteiger charge is 2.51. The predicted octanol–water partition coefficient (Wildman–Crippen LogP) is 10.8. The van der Waals surface area contributed by atoms with Crippen molar-refractivity contribution in [2.24, 2.45) is 0 Å². The first-order valence-corrected chi connectivity index (χ1v) is 16.8. The number of benzene rings is 6. The van der Waals surface area contributed by atoms with Gasteiger partial charge in [-0.05, 0) is 64.4 Å². The molecule has 224 valence electrons. The zero-order valence-corrected chi connectivity index (χ0v) is 26.2. The Morgan fingerprint density at radius 2 is 1.35 bits per heavy atom. The van der Waals surface area contributed by atoms with E-state index in [0.29, 0.717) is 0 Å². The van der Waals surface area contributed by atoms with Gasteiger partial charge in [0.1, 0.15) is 0 Å². The molecule has 0 amide bonds. The molecule has 2 aliphatic carbocycles. The Kier molecular flexibility index (Phi) is 5.15. The van der Waals surface area contributed by atoms with E-state index in [1.54, 1.807) is 0 Å². The van der Waals surface area contributed by atoms with Crippen LogP contribution in [0.4, 0.5) is 0 Å². The van der Waals surface area contributed by atoms with Crippen LogP contribution in [0.2, 0.25) is 0 Å². The summed E-state index contributed by atoms with van der Waals surface area (Å²) in [5.41, 5.74) is 15.6. The van der Waals surface area contributed by atoms with Crippen LogP contribution in [-0.2, 0) is 5.41 Å². The highest BCUT2D eigenvalue weighted by atomic mass is 15.0. The first-order valence-electron chi connectivity index (χ1n) is 16.8. The summed E-state index contributed by atoms with van der Waals surface area (Å²) < 4.78 is 2.51. The van der Waals surface area contributed by atoms with E-state index in [-0.39, 0.29) is 0 Å². The lowest BCUT2D eigenvalue weighted by atomic mass is 9.64. The van der Waals surface area contributed by atoms with Gasteiger partial charge in [-0.15, -0.1) is 0 Å². The van der Waals surface area contributed by atoms with Gasteiger partial charge in [0.15, 0.2) is 5.82 Å². The van der Waals surface area contributed by atoms with Crippen LogP contribution >= 0.6 is 0 Å². The molecule has 0 N–H and O–H groups in total. The van der Waals surface area contributed by atoms with Gasteiger partial charge in [-0.2, -0.15) is 0 Å². The van der Waals surface area contributed by atoms with E-state index >= 15 is 0 Å². The Hall–Kier alpha value is -6.06. The molecule has 1 spiro atoms. The molecule has 6 aromatic carbocycles. The molecule has 0 saturated heterocycles. The van der Waals surface area contributed by atoms with Crippen LogP contribution < -0.4 is 0 Å². The SMILES string of the molecule is C1=CC2=C(CC1)c1ccccc1C21c2ccc(-c3nc(-c4ccccc4)c4ccccc4n3)cc2-n2c3ccccc3c3cccc1c32. The molecule has 3 nitrogen and oxygen atoms in total. The first kappa shape index (κ1) is 26.1. The smallest absolute Gasteiger partial charge is 0.160 e. The topological polar surface area (TPSA) is 30.7 Å². The van der Waals surface area contributed by atoms with Crippen molar-refractivity contribution in [3.63, 3.8) is 0 Å². The van der Waals surface area contributed by atoms with Gasteiger partial charge in [-0.25, -0.2) is 9.97 Å². The first-order chi connectivity index (χ1) is 23.8. The largest absolute Gasteiger partial charge is 0.309 e. The molecule has 3 aliphatic rings. The number of aromatic nitrogens is 3. The summed E-state index contributed by atoms with van der Waals surface area (Å²) in [5, 5.41) is 3.62. The lowest BCUT2D eigenvalue weighted by Gasteiger charge is -2.40. The van der Waals surface area contributed by atoms with Crippen molar-refractivity contribution < 1.29 is 0 Å². The van der Waals surface area contributed by atoms with Gasteiger partial charge in [0.25, 0.3) is 0 Å². The van der Waals surface area contributed by atoms with Crippen molar-refractivity contribution in [1.82, 2.24) is 14.5 Å². The molecular weight excluding hydrogens is 583 g/mol. The number of nitrogens with zero attached hydrogens (tertiary/aromatic N) is 3. The third-order valence-corrected chi connectivity index (χ3v) is 10.9. The minimum Gasteiger partial charge on any atom is -0.309 e. The standard InChI is InChI=1S/C45H29N3/c1-2-13-28(14-3-1)42-34-18-6-10-23-39(34)46-44(47-42)29-25-26-37-41(27-29)48-40-24-11-7-17-32(40)33-19-12-22-38(43(33)48)45(37)35-20-8-4-15-30(35)31-16-5-9-21-36(31)45/h1-4,6-15,17-27H,5,16H2. The maximum atomic E-state index is 5.28. The molecular formula is C45H29N3. The van der Waals surface area contributed by atoms with Gasteiger partial charge in [-0.1, -0.05) is 133 Å². The van der Waals surface area contributed by atoms with E-state index in [2.05, 4.69) is 156 Å². The second-order valence-electron chi connectivity index (χ2n) is 13.2. The molecule has 2 aromatic heterocycles. The van der Waals surface area contributed by atoms with Gasteiger partial charge in [0.05, 0.1) is 33.3 Å². The van der Waals surface area contributed by atoms with Crippen LogP contribution in [0, 0.1) is 0 Å². The van der Waals surface area contributed by atoms with Gasteiger partial charge < -0.3 is 4.57 Å². The van der Waals surface area contributed by atoms with Crippen LogP contribution in [-0.4, -0.2) is 14.5 Å². The molecule has 1 aliphatic heterocycles. The van der Waals surface area contributed by atoms with Gasteiger partial charge in [0.2, 0.25) is 0 Å². The molecule has 0 radical (unpaired) electrons. The lowest BCUT2D eigenvalue weighted by molar-refractivity contribution is 0.738. The fourth-order valence-electron chi connectivity index (χ4n) is 9.01.